The first kappa shape index (κ1) is 21.4. The maximum atomic E-state index is 13.2. The normalized spacial score (nSPS) is 11.0. The van der Waals surface area contributed by atoms with Crippen LogP contribution in [-0.4, -0.2) is 33.4 Å². The summed E-state index contributed by atoms with van der Waals surface area (Å²) in [6, 6.07) is 15.4. The summed E-state index contributed by atoms with van der Waals surface area (Å²) >= 11 is 0. The van der Waals surface area contributed by atoms with Crippen molar-refractivity contribution in [1.29, 1.82) is 0 Å². The fraction of sp³-hybridized carbons (Fsp3) is 0.240. The Kier molecular flexibility index (Phi) is 5.81. The number of carbonyl (C=O) groups is 2. The third-order valence-corrected chi connectivity index (χ3v) is 5.53. The largest absolute Gasteiger partial charge is 0.486 e. The maximum Gasteiger partial charge on any atom is 0.339 e. The van der Waals surface area contributed by atoms with Gasteiger partial charge in [0.2, 0.25) is 0 Å². The molecule has 7 heteroatoms. The van der Waals surface area contributed by atoms with Gasteiger partial charge in [-0.05, 0) is 50.6 Å². The van der Waals surface area contributed by atoms with Crippen LogP contribution < -0.4 is 4.74 Å². The molecule has 1 N–H and O–H groups in total. The van der Waals surface area contributed by atoms with E-state index >= 15 is 0 Å². The zero-order chi connectivity index (χ0) is 22.8. The Hall–Kier alpha value is -3.87. The molecule has 0 radical (unpaired) electrons. The van der Waals surface area contributed by atoms with Gasteiger partial charge in [-0.3, -0.25) is 4.79 Å². The Balaban J connectivity index is 1.65. The number of aryl methyl sites for hydroxylation is 2. The Labute approximate surface area is 186 Å². The smallest absolute Gasteiger partial charge is 0.339 e. The van der Waals surface area contributed by atoms with Crippen molar-refractivity contribution in [2.75, 3.05) is 7.11 Å². The van der Waals surface area contributed by atoms with Gasteiger partial charge in [0.15, 0.2) is 5.78 Å². The molecule has 2 heterocycles. The lowest BCUT2D eigenvalue weighted by Gasteiger charge is -2.10. The summed E-state index contributed by atoms with van der Waals surface area (Å²) in [5.74, 6) is 0.768. The number of ketones is 1. The van der Waals surface area contributed by atoms with Gasteiger partial charge in [0, 0.05) is 5.69 Å². The van der Waals surface area contributed by atoms with Gasteiger partial charge in [-0.2, -0.15) is 0 Å². The van der Waals surface area contributed by atoms with Crippen LogP contribution >= 0.6 is 0 Å². The van der Waals surface area contributed by atoms with Gasteiger partial charge in [0.05, 0.1) is 35.9 Å². The van der Waals surface area contributed by atoms with E-state index in [4.69, 9.17) is 9.47 Å². The second-order valence-corrected chi connectivity index (χ2v) is 7.74. The van der Waals surface area contributed by atoms with Gasteiger partial charge in [-0.1, -0.05) is 29.8 Å². The lowest BCUT2D eigenvalue weighted by Crippen LogP contribution is -2.16. The number of nitrogens with zero attached hydrogens (tertiary/aromatic N) is 2. The SMILES string of the molecule is COC(=O)c1c(C)[nH]c(C(=O)Cn2c(COc3ccc(C)cc3)nc3ccccc32)c1C. The second kappa shape index (κ2) is 8.70. The molecule has 0 aliphatic rings. The number of benzene rings is 2. The fourth-order valence-electron chi connectivity index (χ4n) is 3.85. The minimum absolute atomic E-state index is 0.0640. The van der Waals surface area contributed by atoms with Crippen molar-refractivity contribution in [3.63, 3.8) is 0 Å². The fourth-order valence-corrected chi connectivity index (χ4v) is 3.85. The molecule has 32 heavy (non-hydrogen) atoms. The number of rotatable bonds is 7. The molecule has 0 saturated heterocycles. The number of hydrogen-bond acceptors (Lipinski definition) is 5. The number of nitrogens with one attached hydrogen (secondary N) is 1. The van der Waals surface area contributed by atoms with E-state index in [9.17, 15) is 9.59 Å². The quantitative estimate of drug-likeness (QED) is 0.343. The molecule has 0 spiro atoms. The van der Waals surface area contributed by atoms with Crippen molar-refractivity contribution in [1.82, 2.24) is 14.5 Å². The summed E-state index contributed by atoms with van der Waals surface area (Å²) in [7, 11) is 1.33. The molecule has 0 aliphatic heterocycles. The van der Waals surface area contributed by atoms with Crippen LogP contribution in [0.25, 0.3) is 11.0 Å². The minimum atomic E-state index is -0.462. The van der Waals surface area contributed by atoms with Crippen molar-refractivity contribution in [2.45, 2.75) is 33.9 Å². The molecular weight excluding hydrogens is 406 g/mol. The molecule has 164 valence electrons. The Morgan fingerprint density at radius 1 is 1.03 bits per heavy atom. The van der Waals surface area contributed by atoms with E-state index in [0.717, 1.165) is 22.3 Å². The van der Waals surface area contributed by atoms with Crippen LogP contribution in [0.2, 0.25) is 0 Å². The van der Waals surface area contributed by atoms with E-state index in [1.165, 1.54) is 7.11 Å². The van der Waals surface area contributed by atoms with Gasteiger partial charge in [0.25, 0.3) is 0 Å². The van der Waals surface area contributed by atoms with E-state index < -0.39 is 5.97 Å². The second-order valence-electron chi connectivity index (χ2n) is 7.74. The highest BCUT2D eigenvalue weighted by Gasteiger charge is 2.24. The summed E-state index contributed by atoms with van der Waals surface area (Å²) < 4.78 is 12.6. The van der Waals surface area contributed by atoms with E-state index in [-0.39, 0.29) is 18.9 Å². The van der Waals surface area contributed by atoms with E-state index in [2.05, 4.69) is 9.97 Å². The highest BCUT2D eigenvalue weighted by molar-refractivity contribution is 6.01. The van der Waals surface area contributed by atoms with E-state index in [1.807, 2.05) is 60.0 Å². The molecule has 0 unspecified atom stereocenters. The highest BCUT2D eigenvalue weighted by atomic mass is 16.5. The van der Waals surface area contributed by atoms with Crippen molar-refractivity contribution in [3.05, 3.63) is 82.4 Å². The topological polar surface area (TPSA) is 86.2 Å². The number of carbonyl (C=O) groups excluding carboxylic acids is 2. The first-order valence-electron chi connectivity index (χ1n) is 10.3. The lowest BCUT2D eigenvalue weighted by atomic mass is 10.1. The average molecular weight is 431 g/mol. The molecule has 2 aromatic carbocycles. The molecule has 0 saturated carbocycles. The lowest BCUT2D eigenvalue weighted by molar-refractivity contribution is 0.0599. The first-order valence-corrected chi connectivity index (χ1v) is 10.3. The molecule has 7 nitrogen and oxygen atoms in total. The van der Waals surface area contributed by atoms with Gasteiger partial charge in [-0.15, -0.1) is 0 Å². The predicted molar refractivity (Wildman–Crippen MR) is 121 cm³/mol. The first-order chi connectivity index (χ1) is 15.4. The number of fused-ring (bicyclic) bond motifs is 1. The van der Waals surface area contributed by atoms with Crippen molar-refractivity contribution >= 4 is 22.8 Å². The number of Topliss-reactive ketones (excluding diaryl/α,β-unsaturated/α-hetero) is 1. The molecule has 2 aromatic heterocycles. The van der Waals surface area contributed by atoms with Gasteiger partial charge >= 0.3 is 5.97 Å². The average Bonchev–Trinajstić information content (AvgIpc) is 3.29. The number of aromatic amines is 1. The predicted octanol–water partition coefficient (Wildman–Crippen LogP) is 4.54. The summed E-state index contributed by atoms with van der Waals surface area (Å²) in [5.41, 5.74) is 4.77. The van der Waals surface area contributed by atoms with Crippen molar-refractivity contribution < 1.29 is 19.1 Å². The summed E-state index contributed by atoms with van der Waals surface area (Å²) in [5, 5.41) is 0. The summed E-state index contributed by atoms with van der Waals surface area (Å²) in [6.45, 7) is 5.81. The molecule has 4 aromatic rings. The number of hydrogen-bond donors (Lipinski definition) is 1. The maximum absolute atomic E-state index is 13.2. The van der Waals surface area contributed by atoms with Crippen LogP contribution in [-0.2, 0) is 17.9 Å². The molecule has 4 rings (SSSR count). The molecule has 0 bridgehead atoms. The highest BCUT2D eigenvalue weighted by Crippen LogP contribution is 2.23. The Morgan fingerprint density at radius 3 is 2.47 bits per heavy atom. The van der Waals surface area contributed by atoms with Crippen LogP contribution in [0, 0.1) is 20.8 Å². The van der Waals surface area contributed by atoms with Crippen LogP contribution in [0.3, 0.4) is 0 Å². The molecule has 0 fully saturated rings. The van der Waals surface area contributed by atoms with Crippen molar-refractivity contribution in [3.8, 4) is 5.75 Å². The van der Waals surface area contributed by atoms with Crippen LogP contribution in [0.1, 0.15) is 43.5 Å². The summed E-state index contributed by atoms with van der Waals surface area (Å²) in [4.78, 5) is 33.1. The number of esters is 1. The zero-order valence-electron chi connectivity index (χ0n) is 18.6. The van der Waals surface area contributed by atoms with Gasteiger partial charge < -0.3 is 19.0 Å². The minimum Gasteiger partial charge on any atom is -0.486 e. The van der Waals surface area contributed by atoms with Gasteiger partial charge in [-0.25, -0.2) is 9.78 Å². The van der Waals surface area contributed by atoms with E-state index in [0.29, 0.717) is 28.3 Å². The molecule has 0 aliphatic carbocycles. The molecule has 0 atom stereocenters. The van der Waals surface area contributed by atoms with Gasteiger partial charge in [0.1, 0.15) is 18.2 Å². The number of H-pyrrole nitrogens is 1. The number of imidazole rings is 1. The number of aromatic nitrogens is 3. The number of methoxy groups -OCH3 is 1. The molecule has 0 amide bonds. The third-order valence-electron chi connectivity index (χ3n) is 5.53. The zero-order valence-corrected chi connectivity index (χ0v) is 18.6. The Morgan fingerprint density at radius 2 is 1.75 bits per heavy atom. The molecular formula is C25H25N3O4. The van der Waals surface area contributed by atoms with Crippen LogP contribution in [0.4, 0.5) is 0 Å². The third kappa shape index (κ3) is 4.01. The van der Waals surface area contributed by atoms with E-state index in [1.54, 1.807) is 13.8 Å². The van der Waals surface area contributed by atoms with Crippen LogP contribution in [0.5, 0.6) is 5.75 Å². The van der Waals surface area contributed by atoms with Crippen LogP contribution in [0.15, 0.2) is 48.5 Å². The number of para-hydroxylation sites is 2. The van der Waals surface area contributed by atoms with Crippen molar-refractivity contribution in [2.24, 2.45) is 0 Å². The standard InChI is InChI=1S/C25H25N3O4/c1-15-9-11-18(12-10-15)32-14-22-27-19-7-5-6-8-20(19)28(22)13-21(29)24-16(2)23(17(3)26-24)25(30)31-4/h5-12,26H,13-14H2,1-4H3. The summed E-state index contributed by atoms with van der Waals surface area (Å²) in [6.07, 6.45) is 0. The monoisotopic (exact) mass is 431 g/mol. The Bertz CT molecular complexity index is 1300. The number of ether oxygens (including phenoxy) is 2.